The first-order valence-electron chi connectivity index (χ1n) is 7.59. The van der Waals surface area contributed by atoms with Gasteiger partial charge in [-0.05, 0) is 18.6 Å². The van der Waals surface area contributed by atoms with Crippen LogP contribution < -0.4 is 5.63 Å². The fourth-order valence-corrected chi connectivity index (χ4v) is 3.72. The van der Waals surface area contributed by atoms with E-state index in [1.807, 2.05) is 6.07 Å². The molecule has 0 aliphatic carbocycles. The standard InChI is InChI=1S/C17H17NO5S/c1-22-15(19)10-24-12-6-7-18(9-12)16(20)13-8-11-4-2-3-5-14(11)23-17(13)21/h2-5,8,12H,6-7,9-10H2,1H3/t12-/m1/s1. The molecule has 0 bridgehead atoms. The van der Waals surface area contributed by atoms with E-state index in [9.17, 15) is 14.4 Å². The molecule has 1 aliphatic rings. The molecule has 126 valence electrons. The van der Waals surface area contributed by atoms with Gasteiger partial charge in [0.25, 0.3) is 5.91 Å². The van der Waals surface area contributed by atoms with Gasteiger partial charge in [0.05, 0.1) is 12.9 Å². The lowest BCUT2D eigenvalue weighted by molar-refractivity contribution is -0.137. The predicted molar refractivity (Wildman–Crippen MR) is 91.3 cm³/mol. The van der Waals surface area contributed by atoms with E-state index in [-0.39, 0.29) is 28.4 Å². The van der Waals surface area contributed by atoms with Gasteiger partial charge in [-0.15, -0.1) is 11.8 Å². The summed E-state index contributed by atoms with van der Waals surface area (Å²) >= 11 is 1.47. The third-order valence-electron chi connectivity index (χ3n) is 3.97. The Labute approximate surface area is 142 Å². The first kappa shape index (κ1) is 16.6. The second-order valence-corrected chi connectivity index (χ2v) is 6.82. The summed E-state index contributed by atoms with van der Waals surface area (Å²) in [6.07, 6.45) is 0.784. The van der Waals surface area contributed by atoms with Crippen LogP contribution in [0.15, 0.2) is 39.5 Å². The zero-order valence-electron chi connectivity index (χ0n) is 13.2. The summed E-state index contributed by atoms with van der Waals surface area (Å²) in [5, 5.41) is 0.886. The lowest BCUT2D eigenvalue weighted by Gasteiger charge is -2.15. The number of likely N-dealkylation sites (tertiary alicyclic amines) is 1. The highest BCUT2D eigenvalue weighted by Crippen LogP contribution is 2.24. The summed E-state index contributed by atoms with van der Waals surface area (Å²) in [5.41, 5.74) is -0.108. The second kappa shape index (κ2) is 7.09. The number of rotatable bonds is 4. The van der Waals surface area contributed by atoms with Crippen molar-refractivity contribution < 1.29 is 18.7 Å². The molecule has 6 nitrogen and oxygen atoms in total. The summed E-state index contributed by atoms with van der Waals surface area (Å²) in [5.74, 6) is -0.336. The van der Waals surface area contributed by atoms with Crippen LogP contribution in [0.2, 0.25) is 0 Å². The van der Waals surface area contributed by atoms with Crippen LogP contribution in [0.5, 0.6) is 0 Å². The summed E-state index contributed by atoms with van der Waals surface area (Å²) in [6, 6.07) is 8.68. The Hall–Kier alpha value is -2.28. The monoisotopic (exact) mass is 347 g/mol. The van der Waals surface area contributed by atoms with Gasteiger partial charge in [-0.1, -0.05) is 18.2 Å². The van der Waals surface area contributed by atoms with E-state index in [4.69, 9.17) is 4.42 Å². The van der Waals surface area contributed by atoms with E-state index in [1.165, 1.54) is 18.9 Å². The third-order valence-corrected chi connectivity index (χ3v) is 5.23. The topological polar surface area (TPSA) is 76.8 Å². The Bertz CT molecular complexity index is 831. The van der Waals surface area contributed by atoms with Crippen LogP contribution in [0, 0.1) is 0 Å². The number of nitrogens with zero attached hydrogens (tertiary/aromatic N) is 1. The molecule has 1 aromatic heterocycles. The van der Waals surface area contributed by atoms with E-state index in [0.717, 1.165) is 11.8 Å². The first-order chi connectivity index (χ1) is 11.6. The molecular formula is C17H17NO5S. The Morgan fingerprint density at radius 3 is 2.96 bits per heavy atom. The molecular weight excluding hydrogens is 330 g/mol. The average Bonchev–Trinajstić information content (AvgIpc) is 3.07. The number of ether oxygens (including phenoxy) is 1. The molecule has 1 saturated heterocycles. The summed E-state index contributed by atoms with van der Waals surface area (Å²) in [6.45, 7) is 1.07. The van der Waals surface area contributed by atoms with Gasteiger partial charge in [-0.25, -0.2) is 4.79 Å². The Morgan fingerprint density at radius 1 is 1.38 bits per heavy atom. The van der Waals surface area contributed by atoms with Gasteiger partial charge in [0.15, 0.2) is 0 Å². The highest BCUT2D eigenvalue weighted by atomic mass is 32.2. The van der Waals surface area contributed by atoms with E-state index in [2.05, 4.69) is 4.74 Å². The normalized spacial score (nSPS) is 17.2. The van der Waals surface area contributed by atoms with Gasteiger partial charge < -0.3 is 14.1 Å². The molecule has 1 aliphatic heterocycles. The molecule has 24 heavy (non-hydrogen) atoms. The van der Waals surface area contributed by atoms with E-state index in [1.54, 1.807) is 29.2 Å². The van der Waals surface area contributed by atoms with Crippen molar-refractivity contribution in [2.45, 2.75) is 11.7 Å². The molecule has 0 N–H and O–H groups in total. The minimum atomic E-state index is -0.621. The lowest BCUT2D eigenvalue weighted by atomic mass is 10.1. The van der Waals surface area contributed by atoms with Crippen molar-refractivity contribution in [2.24, 2.45) is 0 Å². The second-order valence-electron chi connectivity index (χ2n) is 5.53. The fourth-order valence-electron chi connectivity index (χ4n) is 2.67. The Morgan fingerprint density at radius 2 is 2.17 bits per heavy atom. The molecule has 3 rings (SSSR count). The van der Waals surface area contributed by atoms with Gasteiger partial charge in [-0.2, -0.15) is 0 Å². The molecule has 0 spiro atoms. The number of para-hydroxylation sites is 1. The number of esters is 1. The molecule has 0 radical (unpaired) electrons. The van der Waals surface area contributed by atoms with Gasteiger partial charge >= 0.3 is 11.6 Å². The Balaban J connectivity index is 1.72. The van der Waals surface area contributed by atoms with Crippen molar-refractivity contribution >= 4 is 34.6 Å². The molecule has 1 amide bonds. The number of fused-ring (bicyclic) bond motifs is 1. The van der Waals surface area contributed by atoms with Crippen molar-refractivity contribution in [2.75, 3.05) is 26.0 Å². The molecule has 1 fully saturated rings. The quantitative estimate of drug-likeness (QED) is 0.621. The Kier molecular flexibility index (Phi) is 4.89. The van der Waals surface area contributed by atoms with Crippen LogP contribution in [-0.4, -0.2) is 48.0 Å². The van der Waals surface area contributed by atoms with Crippen molar-refractivity contribution in [1.29, 1.82) is 0 Å². The maximum absolute atomic E-state index is 12.6. The maximum Gasteiger partial charge on any atom is 0.349 e. The van der Waals surface area contributed by atoms with Crippen LogP contribution in [0.1, 0.15) is 16.8 Å². The maximum atomic E-state index is 12.6. The predicted octanol–water partition coefficient (Wildman–Crippen LogP) is 1.91. The van der Waals surface area contributed by atoms with Crippen LogP contribution in [0.4, 0.5) is 0 Å². The first-order valence-corrected chi connectivity index (χ1v) is 8.64. The minimum absolute atomic E-state index is 0.0484. The number of amides is 1. The molecule has 0 unspecified atom stereocenters. The minimum Gasteiger partial charge on any atom is -0.468 e. The van der Waals surface area contributed by atoms with Gasteiger partial charge in [0, 0.05) is 23.7 Å². The number of benzene rings is 1. The largest absolute Gasteiger partial charge is 0.468 e. The number of carbonyl (C=O) groups excluding carboxylic acids is 2. The summed E-state index contributed by atoms with van der Waals surface area (Å²) in [4.78, 5) is 37.5. The highest BCUT2D eigenvalue weighted by molar-refractivity contribution is 8.00. The smallest absolute Gasteiger partial charge is 0.349 e. The lowest BCUT2D eigenvalue weighted by Crippen LogP contribution is -2.32. The summed E-state index contributed by atoms with van der Waals surface area (Å²) in [7, 11) is 1.35. The zero-order chi connectivity index (χ0) is 17.1. The molecule has 1 aromatic carbocycles. The molecule has 0 saturated carbocycles. The van der Waals surface area contributed by atoms with Crippen LogP contribution in [0.25, 0.3) is 11.0 Å². The summed E-state index contributed by atoms with van der Waals surface area (Å²) < 4.78 is 9.84. The number of hydrogen-bond donors (Lipinski definition) is 0. The molecule has 2 heterocycles. The van der Waals surface area contributed by atoms with Crippen LogP contribution in [-0.2, 0) is 9.53 Å². The van der Waals surface area contributed by atoms with Gasteiger partial charge in [-0.3, -0.25) is 9.59 Å². The third kappa shape index (κ3) is 3.46. The molecule has 7 heteroatoms. The van der Waals surface area contributed by atoms with Crippen LogP contribution in [0.3, 0.4) is 0 Å². The zero-order valence-corrected chi connectivity index (χ0v) is 14.0. The van der Waals surface area contributed by atoms with E-state index in [0.29, 0.717) is 18.7 Å². The number of hydrogen-bond acceptors (Lipinski definition) is 6. The van der Waals surface area contributed by atoms with Gasteiger partial charge in [0.1, 0.15) is 11.1 Å². The van der Waals surface area contributed by atoms with Crippen LogP contribution >= 0.6 is 11.8 Å². The molecule has 2 aromatic rings. The number of thioether (sulfide) groups is 1. The van der Waals surface area contributed by atoms with Gasteiger partial charge in [0.2, 0.25) is 0 Å². The highest BCUT2D eigenvalue weighted by Gasteiger charge is 2.29. The average molecular weight is 347 g/mol. The van der Waals surface area contributed by atoms with Crippen molar-refractivity contribution in [3.05, 3.63) is 46.3 Å². The molecule has 1 atom stereocenters. The SMILES string of the molecule is COC(=O)CS[C@@H]1CCN(C(=O)c2cc3ccccc3oc2=O)C1. The van der Waals surface area contributed by atoms with Crippen molar-refractivity contribution in [3.63, 3.8) is 0 Å². The van der Waals surface area contributed by atoms with E-state index >= 15 is 0 Å². The van der Waals surface area contributed by atoms with E-state index < -0.39 is 5.63 Å². The number of methoxy groups -OCH3 is 1. The van der Waals surface area contributed by atoms with Crippen molar-refractivity contribution in [3.8, 4) is 0 Å². The van der Waals surface area contributed by atoms with Crippen molar-refractivity contribution in [1.82, 2.24) is 4.90 Å². The fraction of sp³-hybridized carbons (Fsp3) is 0.353. The number of carbonyl (C=O) groups is 2.